The zero-order valence-electron chi connectivity index (χ0n) is 14.9. The van der Waals surface area contributed by atoms with E-state index >= 15 is 0 Å². The molecule has 0 fully saturated rings. The maximum absolute atomic E-state index is 13.4. The number of anilines is 3. The number of rotatable bonds is 5. The van der Waals surface area contributed by atoms with Crippen LogP contribution in [0.3, 0.4) is 0 Å². The highest BCUT2D eigenvalue weighted by Crippen LogP contribution is 2.32. The van der Waals surface area contributed by atoms with Crippen LogP contribution in [0.4, 0.5) is 35.1 Å². The number of H-pyrrole nitrogens is 1. The standard InChI is InChI=1S/C18H12F4N6OS/c19-12-3-1-9(5-11(12)18(20,21)22)7-23-15-26-16(28-17(29)27-15)25-10-2-4-13-14(6-10)30-8-24-13/h1-6,8H,7H2,(H3,23,25,26,27,28,29). The van der Waals surface area contributed by atoms with Crippen LogP contribution in [0.15, 0.2) is 46.7 Å². The molecule has 3 N–H and O–H groups in total. The Morgan fingerprint density at radius 1 is 1.10 bits per heavy atom. The first-order valence-electron chi connectivity index (χ1n) is 8.46. The van der Waals surface area contributed by atoms with Gasteiger partial charge in [-0.2, -0.15) is 23.1 Å². The normalized spacial score (nSPS) is 11.6. The molecule has 4 aromatic rings. The molecule has 154 valence electrons. The lowest BCUT2D eigenvalue weighted by atomic mass is 10.1. The van der Waals surface area contributed by atoms with Gasteiger partial charge in [0.2, 0.25) is 11.9 Å². The Balaban J connectivity index is 1.51. The van der Waals surface area contributed by atoms with Gasteiger partial charge in [0.05, 0.1) is 21.3 Å². The highest BCUT2D eigenvalue weighted by Gasteiger charge is 2.34. The fourth-order valence-electron chi connectivity index (χ4n) is 2.67. The summed E-state index contributed by atoms with van der Waals surface area (Å²) < 4.78 is 52.9. The van der Waals surface area contributed by atoms with Gasteiger partial charge in [-0.25, -0.2) is 14.2 Å². The van der Waals surface area contributed by atoms with Crippen molar-refractivity contribution in [3.8, 4) is 0 Å². The number of hydrogen-bond donors (Lipinski definition) is 3. The molecule has 2 aromatic heterocycles. The van der Waals surface area contributed by atoms with E-state index in [4.69, 9.17) is 0 Å². The van der Waals surface area contributed by atoms with Gasteiger partial charge in [0.15, 0.2) is 0 Å². The monoisotopic (exact) mass is 436 g/mol. The van der Waals surface area contributed by atoms with Crippen LogP contribution in [0.5, 0.6) is 0 Å². The van der Waals surface area contributed by atoms with Gasteiger partial charge in [-0.15, -0.1) is 11.3 Å². The summed E-state index contributed by atoms with van der Waals surface area (Å²) in [6, 6.07) is 8.03. The lowest BCUT2D eigenvalue weighted by Gasteiger charge is -2.11. The topological polar surface area (TPSA) is 95.6 Å². The number of aromatic amines is 1. The van der Waals surface area contributed by atoms with E-state index in [9.17, 15) is 22.4 Å². The zero-order chi connectivity index (χ0) is 21.3. The predicted octanol–water partition coefficient (Wildman–Crippen LogP) is 4.29. The zero-order valence-corrected chi connectivity index (χ0v) is 15.7. The average molecular weight is 436 g/mol. The number of hydrogen-bond acceptors (Lipinski definition) is 7. The van der Waals surface area contributed by atoms with Crippen LogP contribution in [0.1, 0.15) is 11.1 Å². The number of aromatic nitrogens is 4. The Morgan fingerprint density at radius 2 is 1.93 bits per heavy atom. The van der Waals surface area contributed by atoms with Gasteiger partial charge >= 0.3 is 11.9 Å². The van der Waals surface area contributed by atoms with Crippen LogP contribution in [-0.2, 0) is 12.7 Å². The Hall–Kier alpha value is -3.54. The number of thiazole rings is 1. The second-order valence-electron chi connectivity index (χ2n) is 6.15. The molecule has 2 aromatic carbocycles. The number of fused-ring (bicyclic) bond motifs is 1. The first-order chi connectivity index (χ1) is 14.3. The van der Waals surface area contributed by atoms with Crippen molar-refractivity contribution in [1.29, 1.82) is 0 Å². The van der Waals surface area contributed by atoms with Crippen molar-refractivity contribution < 1.29 is 17.6 Å². The number of alkyl halides is 3. The Labute approximate surface area is 169 Å². The molecule has 0 bridgehead atoms. The fraction of sp³-hybridized carbons (Fsp3) is 0.111. The highest BCUT2D eigenvalue weighted by atomic mass is 32.1. The molecule has 0 amide bonds. The summed E-state index contributed by atoms with van der Waals surface area (Å²) in [6.07, 6.45) is -4.81. The van der Waals surface area contributed by atoms with Gasteiger partial charge in [-0.1, -0.05) is 6.07 Å². The van der Waals surface area contributed by atoms with Crippen molar-refractivity contribution in [1.82, 2.24) is 19.9 Å². The van der Waals surface area contributed by atoms with Crippen LogP contribution >= 0.6 is 11.3 Å². The molecule has 30 heavy (non-hydrogen) atoms. The number of nitrogens with zero attached hydrogens (tertiary/aromatic N) is 3. The number of halogens is 4. The average Bonchev–Trinajstić information content (AvgIpc) is 3.14. The molecule has 0 spiro atoms. The molecule has 0 aliphatic rings. The molecular weight excluding hydrogens is 424 g/mol. The number of benzene rings is 2. The quantitative estimate of drug-likeness (QED) is 0.404. The molecule has 0 aliphatic carbocycles. The third-order valence-electron chi connectivity index (χ3n) is 4.03. The van der Waals surface area contributed by atoms with Gasteiger partial charge in [0.25, 0.3) is 0 Å². The molecule has 0 unspecified atom stereocenters. The van der Waals surface area contributed by atoms with Crippen molar-refractivity contribution in [3.05, 3.63) is 69.3 Å². The predicted molar refractivity (Wildman–Crippen MR) is 104 cm³/mol. The molecule has 7 nitrogen and oxygen atoms in total. The van der Waals surface area contributed by atoms with Crippen molar-refractivity contribution in [3.63, 3.8) is 0 Å². The van der Waals surface area contributed by atoms with Gasteiger partial charge in [-0.3, -0.25) is 4.98 Å². The summed E-state index contributed by atoms with van der Waals surface area (Å²) in [6.45, 7) is -0.140. The van der Waals surface area contributed by atoms with E-state index in [0.717, 1.165) is 16.3 Å². The maximum Gasteiger partial charge on any atom is 0.419 e. The van der Waals surface area contributed by atoms with Gasteiger partial charge in [0.1, 0.15) is 5.82 Å². The third-order valence-corrected chi connectivity index (χ3v) is 4.82. The minimum Gasteiger partial charge on any atom is -0.350 e. The second kappa shape index (κ2) is 7.71. The molecule has 2 heterocycles. The van der Waals surface area contributed by atoms with Crippen molar-refractivity contribution in [2.75, 3.05) is 10.6 Å². The second-order valence-corrected chi connectivity index (χ2v) is 7.04. The Kier molecular flexibility index (Phi) is 5.08. The molecule has 0 aliphatic heterocycles. The SMILES string of the molecule is O=c1nc(NCc2ccc(F)c(C(F)(F)F)c2)nc(Nc2ccc3ncsc3c2)[nH]1. The summed E-state index contributed by atoms with van der Waals surface area (Å²) in [5.41, 5.74) is 1.28. The van der Waals surface area contributed by atoms with E-state index in [1.807, 2.05) is 6.07 Å². The summed E-state index contributed by atoms with van der Waals surface area (Å²) in [4.78, 5) is 26.2. The molecule has 4 rings (SSSR count). The molecule has 0 saturated heterocycles. The largest absolute Gasteiger partial charge is 0.419 e. The van der Waals surface area contributed by atoms with Crippen molar-refractivity contribution >= 4 is 39.1 Å². The van der Waals surface area contributed by atoms with Crippen LogP contribution in [-0.4, -0.2) is 19.9 Å². The third kappa shape index (κ3) is 4.38. The van der Waals surface area contributed by atoms with Crippen molar-refractivity contribution in [2.45, 2.75) is 12.7 Å². The van der Waals surface area contributed by atoms with Gasteiger partial charge < -0.3 is 10.6 Å². The van der Waals surface area contributed by atoms with E-state index in [0.29, 0.717) is 11.8 Å². The van der Waals surface area contributed by atoms with Crippen LogP contribution in [0, 0.1) is 5.82 Å². The molecule has 0 radical (unpaired) electrons. The maximum atomic E-state index is 13.4. The fourth-order valence-corrected chi connectivity index (χ4v) is 3.39. The molecule has 0 atom stereocenters. The Morgan fingerprint density at radius 3 is 2.73 bits per heavy atom. The summed E-state index contributed by atoms with van der Waals surface area (Å²) in [5, 5.41) is 5.61. The van der Waals surface area contributed by atoms with E-state index in [1.165, 1.54) is 17.4 Å². The van der Waals surface area contributed by atoms with E-state index in [1.54, 1.807) is 17.6 Å². The first kappa shape index (κ1) is 19.8. The number of nitrogens with one attached hydrogen (secondary N) is 3. The Bertz CT molecular complexity index is 1270. The first-order valence-corrected chi connectivity index (χ1v) is 9.34. The summed E-state index contributed by atoms with van der Waals surface area (Å²) in [7, 11) is 0. The van der Waals surface area contributed by atoms with Crippen molar-refractivity contribution in [2.24, 2.45) is 0 Å². The summed E-state index contributed by atoms with van der Waals surface area (Å²) >= 11 is 1.45. The van der Waals surface area contributed by atoms with E-state index in [-0.39, 0.29) is 24.0 Å². The minimum atomic E-state index is -4.81. The summed E-state index contributed by atoms with van der Waals surface area (Å²) in [5.74, 6) is -1.36. The van der Waals surface area contributed by atoms with Gasteiger partial charge in [0, 0.05) is 12.2 Å². The van der Waals surface area contributed by atoms with Gasteiger partial charge in [-0.05, 0) is 35.9 Å². The molecule has 0 saturated carbocycles. The minimum absolute atomic E-state index is 0.0939. The van der Waals surface area contributed by atoms with Crippen LogP contribution in [0.2, 0.25) is 0 Å². The highest BCUT2D eigenvalue weighted by molar-refractivity contribution is 7.16. The van der Waals surface area contributed by atoms with E-state index in [2.05, 4.69) is 30.6 Å². The molecular formula is C18H12F4N6OS. The molecule has 12 heteroatoms. The van der Waals surface area contributed by atoms with Crippen LogP contribution in [0.25, 0.3) is 10.2 Å². The lowest BCUT2D eigenvalue weighted by Crippen LogP contribution is -2.18. The smallest absolute Gasteiger partial charge is 0.350 e. The van der Waals surface area contributed by atoms with Crippen LogP contribution < -0.4 is 16.3 Å². The van der Waals surface area contributed by atoms with E-state index < -0.39 is 23.2 Å². The lowest BCUT2D eigenvalue weighted by molar-refractivity contribution is -0.140.